The van der Waals surface area contributed by atoms with E-state index in [1.807, 2.05) is 59.7 Å². The third kappa shape index (κ3) is 3.96. The summed E-state index contributed by atoms with van der Waals surface area (Å²) in [7, 11) is 0. The zero-order valence-corrected chi connectivity index (χ0v) is 20.0. The summed E-state index contributed by atoms with van der Waals surface area (Å²) < 4.78 is 7.50. The predicted molar refractivity (Wildman–Crippen MR) is 117 cm³/mol. The Labute approximate surface area is 178 Å². The van der Waals surface area contributed by atoms with Crippen LogP contribution in [0.4, 0.5) is 10.5 Å². The predicted octanol–water partition coefficient (Wildman–Crippen LogP) is 6.02. The van der Waals surface area contributed by atoms with E-state index in [1.165, 1.54) is 4.90 Å². The van der Waals surface area contributed by atoms with Gasteiger partial charge in [-0.05, 0) is 82.6 Å². The van der Waals surface area contributed by atoms with Crippen molar-refractivity contribution in [2.75, 3.05) is 9.33 Å². The molecule has 1 aromatic rings. The van der Waals surface area contributed by atoms with Gasteiger partial charge in [0.2, 0.25) is 0 Å². The number of rotatable bonds is 3. The van der Waals surface area contributed by atoms with Crippen molar-refractivity contribution in [1.82, 2.24) is 0 Å². The average Bonchev–Trinajstić information content (AvgIpc) is 2.50. The topological polar surface area (TPSA) is 46.6 Å². The van der Waals surface area contributed by atoms with Crippen LogP contribution in [0.15, 0.2) is 22.7 Å². The average molecular weight is 536 g/mol. The second-order valence-corrected chi connectivity index (χ2v) is 10.5. The maximum Gasteiger partial charge on any atom is 0.415 e. The van der Waals surface area contributed by atoms with Crippen LogP contribution in [-0.2, 0) is 14.9 Å². The van der Waals surface area contributed by atoms with Crippen molar-refractivity contribution in [2.45, 2.75) is 70.9 Å². The molecule has 0 spiro atoms. The Balaban J connectivity index is 2.66. The monoisotopic (exact) mass is 535 g/mol. The number of carbonyl (C=O) groups excluding carboxylic acids is 2. The molecule has 2 rings (SSSR count). The second-order valence-electron chi connectivity index (χ2n) is 8.49. The first kappa shape index (κ1) is 21.7. The number of ketones is 1. The van der Waals surface area contributed by atoms with Crippen LogP contribution in [0.2, 0.25) is 0 Å². The van der Waals surface area contributed by atoms with E-state index in [4.69, 9.17) is 4.74 Å². The van der Waals surface area contributed by atoms with Crippen LogP contribution >= 0.6 is 38.5 Å². The first-order chi connectivity index (χ1) is 11.8. The van der Waals surface area contributed by atoms with Crippen molar-refractivity contribution in [1.29, 1.82) is 0 Å². The molecule has 26 heavy (non-hydrogen) atoms. The minimum Gasteiger partial charge on any atom is -0.443 e. The molecule has 0 aliphatic carbocycles. The van der Waals surface area contributed by atoms with Gasteiger partial charge in [-0.2, -0.15) is 0 Å². The molecule has 1 aliphatic heterocycles. The molecule has 4 nitrogen and oxygen atoms in total. The van der Waals surface area contributed by atoms with E-state index < -0.39 is 22.6 Å². The number of fused-ring (bicyclic) bond motifs is 1. The van der Waals surface area contributed by atoms with Gasteiger partial charge in [-0.1, -0.05) is 38.5 Å². The number of hydrogen-bond donors (Lipinski definition) is 0. The highest BCUT2D eigenvalue weighted by molar-refractivity contribution is 14.1. The smallest absolute Gasteiger partial charge is 0.415 e. The van der Waals surface area contributed by atoms with Gasteiger partial charge < -0.3 is 4.74 Å². The SMILES string of the molecule is CC(C)(C)OC(=O)N1c2ccc(Br)cc2C(C)(CCCI)C(=O)C1(C)C. The number of amides is 1. The lowest BCUT2D eigenvalue weighted by Crippen LogP contribution is -2.63. The lowest BCUT2D eigenvalue weighted by atomic mass is 9.65. The van der Waals surface area contributed by atoms with Gasteiger partial charge in [0.1, 0.15) is 11.1 Å². The molecule has 144 valence electrons. The number of alkyl halides is 1. The summed E-state index contributed by atoms with van der Waals surface area (Å²) in [5.74, 6) is 0.0475. The van der Waals surface area contributed by atoms with Gasteiger partial charge in [0.05, 0.1) is 11.1 Å². The summed E-state index contributed by atoms with van der Waals surface area (Å²) in [5, 5.41) is 0. The van der Waals surface area contributed by atoms with Crippen LogP contribution in [0, 0.1) is 0 Å². The molecule has 1 heterocycles. The van der Waals surface area contributed by atoms with Crippen molar-refractivity contribution in [3.8, 4) is 0 Å². The second kappa shape index (κ2) is 7.41. The minimum atomic E-state index is -0.983. The number of hydrogen-bond acceptors (Lipinski definition) is 3. The Kier molecular flexibility index (Phi) is 6.18. The number of halogens is 2. The van der Waals surface area contributed by atoms with Crippen molar-refractivity contribution in [3.05, 3.63) is 28.2 Å². The zero-order chi connectivity index (χ0) is 19.9. The molecule has 1 aromatic carbocycles. The molecule has 0 N–H and O–H groups in total. The number of carbonyl (C=O) groups is 2. The van der Waals surface area contributed by atoms with E-state index in [2.05, 4.69) is 38.5 Å². The van der Waals surface area contributed by atoms with Crippen LogP contribution in [0.25, 0.3) is 0 Å². The summed E-state index contributed by atoms with van der Waals surface area (Å²) in [6.07, 6.45) is 1.21. The van der Waals surface area contributed by atoms with Gasteiger partial charge >= 0.3 is 6.09 Å². The Bertz CT molecular complexity index is 726. The Morgan fingerprint density at radius 2 is 1.88 bits per heavy atom. The molecule has 1 amide bonds. The van der Waals surface area contributed by atoms with Gasteiger partial charge in [0.25, 0.3) is 0 Å². The largest absolute Gasteiger partial charge is 0.443 e. The lowest BCUT2D eigenvalue weighted by molar-refractivity contribution is -0.129. The maximum absolute atomic E-state index is 13.6. The number of nitrogens with zero attached hydrogens (tertiary/aromatic N) is 1. The van der Waals surface area contributed by atoms with Gasteiger partial charge in [0, 0.05) is 4.47 Å². The molecule has 0 saturated heterocycles. The first-order valence-corrected chi connectivity index (χ1v) is 11.1. The van der Waals surface area contributed by atoms with Crippen molar-refractivity contribution in [2.24, 2.45) is 0 Å². The summed E-state index contributed by atoms with van der Waals surface area (Å²) in [6.45, 7) is 11.1. The molecule has 0 fully saturated rings. The summed E-state index contributed by atoms with van der Waals surface area (Å²) in [6, 6.07) is 5.77. The Hall–Kier alpha value is -0.630. The normalized spacial score (nSPS) is 22.2. The number of anilines is 1. The third-order valence-corrected chi connectivity index (χ3v) is 6.05. The lowest BCUT2D eigenvalue weighted by Gasteiger charge is -2.49. The van der Waals surface area contributed by atoms with E-state index in [0.717, 1.165) is 33.0 Å². The molecule has 1 atom stereocenters. The molecule has 0 aromatic heterocycles. The molecule has 0 saturated carbocycles. The highest BCUT2D eigenvalue weighted by Gasteiger charge is 2.54. The molecule has 0 radical (unpaired) electrons. The fourth-order valence-electron chi connectivity index (χ4n) is 3.65. The van der Waals surface area contributed by atoms with Gasteiger partial charge in [0.15, 0.2) is 5.78 Å². The molecule has 1 unspecified atom stereocenters. The third-order valence-electron chi connectivity index (χ3n) is 4.80. The van der Waals surface area contributed by atoms with Crippen LogP contribution in [0.3, 0.4) is 0 Å². The molecular formula is C20H27BrINO3. The van der Waals surface area contributed by atoms with E-state index in [0.29, 0.717) is 0 Å². The quantitative estimate of drug-likeness (QED) is 0.351. The summed E-state index contributed by atoms with van der Waals surface area (Å²) >= 11 is 5.85. The first-order valence-electron chi connectivity index (χ1n) is 8.79. The van der Waals surface area contributed by atoms with Crippen LogP contribution in [0.1, 0.15) is 59.9 Å². The Morgan fingerprint density at radius 1 is 1.27 bits per heavy atom. The van der Waals surface area contributed by atoms with Crippen LogP contribution in [-0.4, -0.2) is 27.4 Å². The highest BCUT2D eigenvalue weighted by atomic mass is 127. The zero-order valence-electron chi connectivity index (χ0n) is 16.3. The van der Waals surface area contributed by atoms with Crippen molar-refractivity contribution < 1.29 is 14.3 Å². The molecule has 6 heteroatoms. The Morgan fingerprint density at radius 3 is 2.42 bits per heavy atom. The van der Waals surface area contributed by atoms with Gasteiger partial charge in [-0.3, -0.25) is 9.69 Å². The van der Waals surface area contributed by atoms with Gasteiger partial charge in [-0.15, -0.1) is 0 Å². The van der Waals surface area contributed by atoms with Crippen molar-refractivity contribution in [3.63, 3.8) is 0 Å². The highest BCUT2D eigenvalue weighted by Crippen LogP contribution is 2.48. The minimum absolute atomic E-state index is 0.0475. The van der Waals surface area contributed by atoms with E-state index >= 15 is 0 Å². The maximum atomic E-state index is 13.6. The fraction of sp³-hybridized carbons (Fsp3) is 0.600. The van der Waals surface area contributed by atoms with E-state index in [9.17, 15) is 9.59 Å². The molecular weight excluding hydrogens is 509 g/mol. The van der Waals surface area contributed by atoms with Crippen LogP contribution in [0.5, 0.6) is 0 Å². The summed E-state index contributed by atoms with van der Waals surface area (Å²) in [4.78, 5) is 28.1. The molecule has 0 bridgehead atoms. The van der Waals surface area contributed by atoms with Crippen LogP contribution < -0.4 is 4.90 Å². The molecule has 1 aliphatic rings. The van der Waals surface area contributed by atoms with Crippen molar-refractivity contribution >= 4 is 56.1 Å². The number of benzene rings is 1. The fourth-order valence-corrected chi connectivity index (χ4v) is 4.39. The summed E-state index contributed by atoms with van der Waals surface area (Å²) in [5.41, 5.74) is -0.613. The van der Waals surface area contributed by atoms with E-state index in [1.54, 1.807) is 0 Å². The van der Waals surface area contributed by atoms with Gasteiger partial charge in [-0.25, -0.2) is 4.79 Å². The number of Topliss-reactive ketones (excluding diaryl/α,β-unsaturated/α-hetero) is 1. The van der Waals surface area contributed by atoms with E-state index in [-0.39, 0.29) is 5.78 Å². The standard InChI is InChI=1S/C20H27BrINO3/c1-18(2,3)26-17(25)23-15-9-8-13(21)12-14(15)20(6,10-7-11-22)16(24)19(23,4)5/h8-9,12H,7,10-11H2,1-6H3. The number of ether oxygens (including phenoxy) is 1.